The number of imidazole rings is 1. The minimum Gasteiger partial charge on any atom is -0.478 e. The monoisotopic (exact) mass is 478 g/mol. The Morgan fingerprint density at radius 3 is 2.17 bits per heavy atom. The molecule has 184 valence electrons. The molecule has 0 radical (unpaired) electrons. The molecule has 0 amide bonds. The molecule has 0 bridgehead atoms. The van der Waals surface area contributed by atoms with Crippen molar-refractivity contribution in [1.82, 2.24) is 9.13 Å². The molecule has 0 aliphatic rings. The molecule has 2 N–H and O–H groups in total. The molecular formula is C27H30N2O6. The number of aromatic carboxylic acids is 2. The van der Waals surface area contributed by atoms with Crippen LogP contribution in [0.1, 0.15) is 76.9 Å². The summed E-state index contributed by atoms with van der Waals surface area (Å²) in [5.41, 5.74) is 1.62. The SMILES string of the molecule is CCCC(=O)n1c(C(=O)O)c(CCC(C)C)n(Cc2ccc(-c3ccccc3C(=O)O)cc2)c1=O. The van der Waals surface area contributed by atoms with Crippen LogP contribution in [0.2, 0.25) is 0 Å². The fourth-order valence-electron chi connectivity index (χ4n) is 4.10. The van der Waals surface area contributed by atoms with E-state index in [0.29, 0.717) is 36.1 Å². The van der Waals surface area contributed by atoms with E-state index in [1.54, 1.807) is 49.4 Å². The average Bonchev–Trinajstić information content (AvgIpc) is 3.10. The minimum absolute atomic E-state index is 0.0749. The first-order valence-corrected chi connectivity index (χ1v) is 11.7. The molecule has 0 aliphatic heterocycles. The lowest BCUT2D eigenvalue weighted by Crippen LogP contribution is -2.31. The van der Waals surface area contributed by atoms with Crippen molar-refractivity contribution in [2.75, 3.05) is 0 Å². The zero-order chi connectivity index (χ0) is 25.7. The molecule has 3 rings (SSSR count). The lowest BCUT2D eigenvalue weighted by molar-refractivity contribution is 0.0667. The Morgan fingerprint density at radius 1 is 0.943 bits per heavy atom. The standard InChI is InChI=1S/C27H30N2O6/c1-4-7-23(30)29-24(26(33)34)22(15-10-17(2)3)28(27(29)35)16-18-11-13-19(14-12-18)20-8-5-6-9-21(20)25(31)32/h5-6,8-9,11-14,17H,4,7,10,15-16H2,1-3H3,(H,31,32)(H,33,34). The third-order valence-electron chi connectivity index (χ3n) is 5.88. The van der Waals surface area contributed by atoms with Crippen LogP contribution in [0.5, 0.6) is 0 Å². The third-order valence-corrected chi connectivity index (χ3v) is 5.88. The molecule has 0 saturated carbocycles. The second-order valence-corrected chi connectivity index (χ2v) is 8.93. The maximum atomic E-state index is 13.3. The quantitative estimate of drug-likeness (QED) is 0.432. The molecule has 3 aromatic rings. The Balaban J connectivity index is 2.05. The van der Waals surface area contributed by atoms with E-state index >= 15 is 0 Å². The molecule has 0 aliphatic carbocycles. The largest absolute Gasteiger partial charge is 0.478 e. The number of carboxylic acid groups (broad SMARTS) is 2. The van der Waals surface area contributed by atoms with Crippen molar-refractivity contribution in [2.24, 2.45) is 5.92 Å². The molecular weight excluding hydrogens is 448 g/mol. The van der Waals surface area contributed by atoms with Crippen molar-refractivity contribution in [3.63, 3.8) is 0 Å². The van der Waals surface area contributed by atoms with Gasteiger partial charge in [-0.15, -0.1) is 0 Å². The first-order valence-electron chi connectivity index (χ1n) is 11.7. The number of aromatic nitrogens is 2. The van der Waals surface area contributed by atoms with E-state index in [1.165, 1.54) is 10.6 Å². The molecule has 8 nitrogen and oxygen atoms in total. The predicted molar refractivity (Wildman–Crippen MR) is 132 cm³/mol. The second-order valence-electron chi connectivity index (χ2n) is 8.93. The van der Waals surface area contributed by atoms with Crippen LogP contribution < -0.4 is 5.69 Å². The Bertz CT molecular complexity index is 1300. The molecule has 0 spiro atoms. The van der Waals surface area contributed by atoms with Crippen LogP contribution >= 0.6 is 0 Å². The van der Waals surface area contributed by atoms with E-state index in [4.69, 9.17) is 0 Å². The molecule has 0 fully saturated rings. The van der Waals surface area contributed by atoms with Crippen molar-refractivity contribution in [2.45, 2.75) is 53.0 Å². The average molecular weight is 479 g/mol. The van der Waals surface area contributed by atoms with Gasteiger partial charge in [-0.25, -0.2) is 19.0 Å². The van der Waals surface area contributed by atoms with Crippen LogP contribution in [0.25, 0.3) is 11.1 Å². The van der Waals surface area contributed by atoms with Crippen molar-refractivity contribution >= 4 is 17.8 Å². The van der Waals surface area contributed by atoms with Gasteiger partial charge in [-0.2, -0.15) is 0 Å². The van der Waals surface area contributed by atoms with Gasteiger partial charge in [-0.3, -0.25) is 9.36 Å². The fraction of sp³-hybridized carbons (Fsp3) is 0.333. The van der Waals surface area contributed by atoms with Crippen LogP contribution in [0.15, 0.2) is 53.3 Å². The Hall–Kier alpha value is -3.94. The molecule has 35 heavy (non-hydrogen) atoms. The highest BCUT2D eigenvalue weighted by molar-refractivity contribution is 5.96. The maximum absolute atomic E-state index is 13.3. The van der Waals surface area contributed by atoms with Gasteiger partial charge in [0.05, 0.1) is 17.8 Å². The van der Waals surface area contributed by atoms with E-state index in [1.807, 2.05) is 13.8 Å². The number of carbonyl (C=O) groups is 3. The van der Waals surface area contributed by atoms with Gasteiger partial charge in [-0.1, -0.05) is 63.2 Å². The molecule has 0 saturated heterocycles. The van der Waals surface area contributed by atoms with Crippen LogP contribution in [-0.4, -0.2) is 37.2 Å². The number of carboxylic acids is 2. The smallest absolute Gasteiger partial charge is 0.354 e. The van der Waals surface area contributed by atoms with Gasteiger partial charge < -0.3 is 10.2 Å². The van der Waals surface area contributed by atoms with E-state index in [0.717, 1.165) is 10.1 Å². The summed E-state index contributed by atoms with van der Waals surface area (Å²) in [5.74, 6) is -2.57. The van der Waals surface area contributed by atoms with E-state index < -0.39 is 23.5 Å². The summed E-state index contributed by atoms with van der Waals surface area (Å²) >= 11 is 0. The number of nitrogens with zero attached hydrogens (tertiary/aromatic N) is 2. The summed E-state index contributed by atoms with van der Waals surface area (Å²) in [5, 5.41) is 19.4. The lowest BCUT2D eigenvalue weighted by atomic mass is 9.98. The number of hydrogen-bond donors (Lipinski definition) is 2. The minimum atomic E-state index is -1.30. The third kappa shape index (κ3) is 5.59. The van der Waals surface area contributed by atoms with Gasteiger partial charge in [0.25, 0.3) is 0 Å². The number of rotatable bonds is 10. The van der Waals surface area contributed by atoms with Gasteiger partial charge in [0.1, 0.15) is 0 Å². The molecule has 0 unspecified atom stereocenters. The number of carbonyl (C=O) groups excluding carboxylic acids is 1. The summed E-state index contributed by atoms with van der Waals surface area (Å²) in [6.07, 6.45) is 1.59. The highest BCUT2D eigenvalue weighted by Crippen LogP contribution is 2.25. The van der Waals surface area contributed by atoms with Crippen molar-refractivity contribution in [3.8, 4) is 11.1 Å². The fourth-order valence-corrected chi connectivity index (χ4v) is 4.10. The summed E-state index contributed by atoms with van der Waals surface area (Å²) in [6, 6.07) is 13.8. The lowest BCUT2D eigenvalue weighted by Gasteiger charge is -2.11. The Kier molecular flexibility index (Phi) is 8.06. The zero-order valence-corrected chi connectivity index (χ0v) is 20.2. The van der Waals surface area contributed by atoms with Crippen molar-refractivity contribution in [3.05, 3.63) is 81.5 Å². The van der Waals surface area contributed by atoms with Crippen LogP contribution in [0, 0.1) is 5.92 Å². The number of hydrogen-bond acceptors (Lipinski definition) is 4. The highest BCUT2D eigenvalue weighted by Gasteiger charge is 2.28. The first-order chi connectivity index (χ1) is 16.6. The molecule has 2 aromatic carbocycles. The molecule has 0 atom stereocenters. The van der Waals surface area contributed by atoms with E-state index in [2.05, 4.69) is 0 Å². The van der Waals surface area contributed by atoms with Crippen LogP contribution in [0.4, 0.5) is 0 Å². The Labute approximate surface area is 203 Å². The Morgan fingerprint density at radius 2 is 1.60 bits per heavy atom. The highest BCUT2D eigenvalue weighted by atomic mass is 16.4. The van der Waals surface area contributed by atoms with Crippen LogP contribution in [0.3, 0.4) is 0 Å². The molecule has 1 aromatic heterocycles. The van der Waals surface area contributed by atoms with Gasteiger partial charge >= 0.3 is 17.6 Å². The molecule has 8 heteroatoms. The van der Waals surface area contributed by atoms with Crippen molar-refractivity contribution in [1.29, 1.82) is 0 Å². The maximum Gasteiger partial charge on any atom is 0.354 e. The normalized spacial score (nSPS) is 11.1. The summed E-state index contributed by atoms with van der Waals surface area (Å²) in [4.78, 5) is 49.6. The van der Waals surface area contributed by atoms with Gasteiger partial charge in [0.2, 0.25) is 5.91 Å². The van der Waals surface area contributed by atoms with Gasteiger partial charge in [-0.05, 0) is 47.9 Å². The summed E-state index contributed by atoms with van der Waals surface area (Å²) < 4.78 is 2.18. The van der Waals surface area contributed by atoms with E-state index in [-0.39, 0.29) is 30.1 Å². The summed E-state index contributed by atoms with van der Waals surface area (Å²) in [6.45, 7) is 5.91. The summed E-state index contributed by atoms with van der Waals surface area (Å²) in [7, 11) is 0. The first kappa shape index (κ1) is 25.7. The van der Waals surface area contributed by atoms with Gasteiger partial charge in [0, 0.05) is 6.42 Å². The second kappa shape index (κ2) is 11.0. The topological polar surface area (TPSA) is 119 Å². The molecule has 1 heterocycles. The van der Waals surface area contributed by atoms with E-state index in [9.17, 15) is 29.4 Å². The van der Waals surface area contributed by atoms with Crippen LogP contribution in [-0.2, 0) is 13.0 Å². The zero-order valence-electron chi connectivity index (χ0n) is 20.2. The van der Waals surface area contributed by atoms with Crippen molar-refractivity contribution < 1.29 is 24.6 Å². The predicted octanol–water partition coefficient (Wildman–Crippen LogP) is 4.79. The number of benzene rings is 2. The van der Waals surface area contributed by atoms with Gasteiger partial charge in [0.15, 0.2) is 5.69 Å².